The van der Waals surface area contributed by atoms with E-state index >= 15 is 0 Å². The van der Waals surface area contributed by atoms with Crippen LogP contribution >= 0.6 is 0 Å². The molecular formula is C14H22N4O3. The summed E-state index contributed by atoms with van der Waals surface area (Å²) in [6, 6.07) is -0.170. The van der Waals surface area contributed by atoms with Gasteiger partial charge in [0.15, 0.2) is 5.69 Å². The zero-order chi connectivity index (χ0) is 15.3. The molecule has 0 saturated heterocycles. The Morgan fingerprint density at radius 3 is 2.76 bits per heavy atom. The lowest BCUT2D eigenvalue weighted by atomic mass is 10.0. The van der Waals surface area contributed by atoms with Crippen LogP contribution in [-0.2, 0) is 6.54 Å². The van der Waals surface area contributed by atoms with Gasteiger partial charge in [-0.25, -0.2) is 14.6 Å². The number of nitrogens with one attached hydrogen (secondary N) is 2. The fourth-order valence-corrected chi connectivity index (χ4v) is 2.44. The Labute approximate surface area is 123 Å². The lowest BCUT2D eigenvalue weighted by molar-refractivity contribution is 0.0691. The highest BCUT2D eigenvalue weighted by molar-refractivity contribution is 5.84. The Morgan fingerprint density at radius 2 is 2.19 bits per heavy atom. The predicted molar refractivity (Wildman–Crippen MR) is 77.2 cm³/mol. The van der Waals surface area contributed by atoms with Crippen molar-refractivity contribution in [2.45, 2.75) is 39.2 Å². The number of urea groups is 1. The monoisotopic (exact) mass is 294 g/mol. The van der Waals surface area contributed by atoms with E-state index in [4.69, 9.17) is 5.11 Å². The largest absolute Gasteiger partial charge is 0.476 e. The van der Waals surface area contributed by atoms with Crippen molar-refractivity contribution in [3.8, 4) is 0 Å². The Morgan fingerprint density at radius 1 is 1.43 bits per heavy atom. The lowest BCUT2D eigenvalue weighted by Crippen LogP contribution is -2.40. The highest BCUT2D eigenvalue weighted by Crippen LogP contribution is 2.48. The first-order valence-corrected chi connectivity index (χ1v) is 7.31. The van der Waals surface area contributed by atoms with Crippen molar-refractivity contribution in [3.63, 3.8) is 0 Å². The summed E-state index contributed by atoms with van der Waals surface area (Å²) in [7, 11) is 0. The van der Waals surface area contributed by atoms with Gasteiger partial charge in [0, 0.05) is 25.8 Å². The second-order valence-electron chi connectivity index (χ2n) is 5.66. The normalized spacial score (nSPS) is 15.5. The van der Waals surface area contributed by atoms with E-state index in [1.54, 1.807) is 4.57 Å². The van der Waals surface area contributed by atoms with Crippen molar-refractivity contribution >= 4 is 12.0 Å². The maximum atomic E-state index is 11.7. The molecule has 1 fully saturated rings. The van der Waals surface area contributed by atoms with E-state index in [0.29, 0.717) is 18.5 Å². The third-order valence-electron chi connectivity index (χ3n) is 3.87. The molecule has 0 aromatic carbocycles. The van der Waals surface area contributed by atoms with Crippen LogP contribution in [0.3, 0.4) is 0 Å². The lowest BCUT2D eigenvalue weighted by Gasteiger charge is -2.15. The van der Waals surface area contributed by atoms with Gasteiger partial charge >= 0.3 is 12.0 Å². The third kappa shape index (κ3) is 4.47. The van der Waals surface area contributed by atoms with Gasteiger partial charge < -0.3 is 20.3 Å². The smallest absolute Gasteiger partial charge is 0.356 e. The molecule has 116 valence electrons. The highest BCUT2D eigenvalue weighted by atomic mass is 16.4. The number of hydrogen-bond donors (Lipinski definition) is 3. The van der Waals surface area contributed by atoms with Crippen LogP contribution < -0.4 is 10.6 Å². The highest BCUT2D eigenvalue weighted by Gasteiger charge is 2.41. The van der Waals surface area contributed by atoms with Crippen LogP contribution in [0.5, 0.6) is 0 Å². The average molecular weight is 294 g/mol. The van der Waals surface area contributed by atoms with Crippen LogP contribution in [0.1, 0.15) is 43.1 Å². The molecule has 1 aliphatic rings. The number of nitrogens with zero attached hydrogens (tertiary/aromatic N) is 2. The maximum Gasteiger partial charge on any atom is 0.356 e. The quantitative estimate of drug-likeness (QED) is 0.676. The fraction of sp³-hybridized carbons (Fsp3) is 0.643. The number of carbonyl (C=O) groups is 2. The SMILES string of the molecule is CCCC1(CNC(=O)NCCn2cnc(C(=O)O)c2)CC1. The Balaban J connectivity index is 1.64. The van der Waals surface area contributed by atoms with Gasteiger partial charge in [0.05, 0.1) is 6.33 Å². The molecular weight excluding hydrogens is 272 g/mol. The summed E-state index contributed by atoms with van der Waals surface area (Å²) in [6.45, 7) is 3.83. The summed E-state index contributed by atoms with van der Waals surface area (Å²) in [5.74, 6) is -1.05. The molecule has 21 heavy (non-hydrogen) atoms. The van der Waals surface area contributed by atoms with Crippen LogP contribution in [0.2, 0.25) is 0 Å². The van der Waals surface area contributed by atoms with Crippen LogP contribution in [0, 0.1) is 5.41 Å². The predicted octanol–water partition coefficient (Wildman–Crippen LogP) is 1.46. The summed E-state index contributed by atoms with van der Waals surface area (Å²) in [4.78, 5) is 26.1. The molecule has 7 nitrogen and oxygen atoms in total. The van der Waals surface area contributed by atoms with Gasteiger partial charge in [-0.1, -0.05) is 13.3 Å². The molecule has 1 saturated carbocycles. The molecule has 1 heterocycles. The van der Waals surface area contributed by atoms with Gasteiger partial charge in [0.1, 0.15) is 0 Å². The van der Waals surface area contributed by atoms with Crippen molar-refractivity contribution in [2.24, 2.45) is 5.41 Å². The molecule has 3 N–H and O–H groups in total. The number of carboxylic acid groups (broad SMARTS) is 1. The molecule has 0 radical (unpaired) electrons. The van der Waals surface area contributed by atoms with Crippen molar-refractivity contribution in [3.05, 3.63) is 18.2 Å². The Kier molecular flexibility index (Phi) is 4.82. The molecule has 2 rings (SSSR count). The fourth-order valence-electron chi connectivity index (χ4n) is 2.44. The van der Waals surface area contributed by atoms with E-state index in [-0.39, 0.29) is 11.7 Å². The summed E-state index contributed by atoms with van der Waals surface area (Å²) in [6.07, 6.45) is 7.62. The van der Waals surface area contributed by atoms with E-state index in [9.17, 15) is 9.59 Å². The minimum Gasteiger partial charge on any atom is -0.476 e. The third-order valence-corrected chi connectivity index (χ3v) is 3.87. The molecule has 0 aliphatic heterocycles. The van der Waals surface area contributed by atoms with Gasteiger partial charge in [0.25, 0.3) is 0 Å². The zero-order valence-electron chi connectivity index (χ0n) is 12.3. The number of rotatable bonds is 8. The molecule has 0 bridgehead atoms. The van der Waals surface area contributed by atoms with Crippen LogP contribution in [0.15, 0.2) is 12.5 Å². The minimum absolute atomic E-state index is 0.00897. The summed E-state index contributed by atoms with van der Waals surface area (Å²) in [5, 5.41) is 14.4. The topological polar surface area (TPSA) is 96.3 Å². The molecule has 1 aliphatic carbocycles. The summed E-state index contributed by atoms with van der Waals surface area (Å²) >= 11 is 0. The molecule has 7 heteroatoms. The van der Waals surface area contributed by atoms with E-state index < -0.39 is 5.97 Å². The number of imidazole rings is 1. The Bertz CT molecular complexity index is 508. The van der Waals surface area contributed by atoms with Crippen molar-refractivity contribution in [1.82, 2.24) is 20.2 Å². The van der Waals surface area contributed by atoms with E-state index in [1.165, 1.54) is 31.8 Å². The van der Waals surface area contributed by atoms with Crippen molar-refractivity contribution in [1.29, 1.82) is 0 Å². The van der Waals surface area contributed by atoms with Crippen molar-refractivity contribution in [2.75, 3.05) is 13.1 Å². The standard InChI is InChI=1S/C14H22N4O3/c1-2-3-14(4-5-14)9-16-13(21)15-6-7-18-8-11(12(19)20)17-10-18/h8,10H,2-7,9H2,1H3,(H,19,20)(H2,15,16,21). The second kappa shape index (κ2) is 6.60. The van der Waals surface area contributed by atoms with Gasteiger partial charge in [-0.3, -0.25) is 0 Å². The van der Waals surface area contributed by atoms with E-state index in [1.807, 2.05) is 0 Å². The average Bonchev–Trinajstić information content (AvgIpc) is 3.04. The molecule has 0 atom stereocenters. The van der Waals surface area contributed by atoms with Crippen LogP contribution in [0.25, 0.3) is 0 Å². The molecule has 0 spiro atoms. The first kappa shape index (κ1) is 15.3. The van der Waals surface area contributed by atoms with Gasteiger partial charge in [0.2, 0.25) is 0 Å². The van der Waals surface area contributed by atoms with Gasteiger partial charge in [-0.05, 0) is 24.7 Å². The summed E-state index contributed by atoms with van der Waals surface area (Å²) in [5.41, 5.74) is 0.349. The Hall–Kier alpha value is -2.05. The number of amides is 2. The molecule has 2 amide bonds. The first-order chi connectivity index (χ1) is 10.0. The minimum atomic E-state index is -1.05. The van der Waals surface area contributed by atoms with Gasteiger partial charge in [-0.15, -0.1) is 0 Å². The first-order valence-electron chi connectivity index (χ1n) is 7.31. The number of hydrogen-bond acceptors (Lipinski definition) is 3. The van der Waals surface area contributed by atoms with Crippen LogP contribution in [0.4, 0.5) is 4.79 Å². The number of carbonyl (C=O) groups excluding carboxylic acids is 1. The van der Waals surface area contributed by atoms with Crippen molar-refractivity contribution < 1.29 is 14.7 Å². The van der Waals surface area contributed by atoms with Gasteiger partial charge in [-0.2, -0.15) is 0 Å². The van der Waals surface area contributed by atoms with Crippen LogP contribution in [-0.4, -0.2) is 39.7 Å². The number of carboxylic acids is 1. The number of aromatic nitrogens is 2. The summed E-state index contributed by atoms with van der Waals surface area (Å²) < 4.78 is 1.64. The molecule has 1 aromatic rings. The molecule has 1 aromatic heterocycles. The maximum absolute atomic E-state index is 11.7. The van der Waals surface area contributed by atoms with E-state index in [2.05, 4.69) is 22.5 Å². The second-order valence-corrected chi connectivity index (χ2v) is 5.66. The zero-order valence-corrected chi connectivity index (χ0v) is 12.3. The number of aromatic carboxylic acids is 1. The molecule has 0 unspecified atom stereocenters. The van der Waals surface area contributed by atoms with E-state index in [0.717, 1.165) is 13.0 Å².